The van der Waals surface area contributed by atoms with Gasteiger partial charge in [-0.25, -0.2) is 9.97 Å². The molecule has 8 aromatic rings. The SMILES string of the molecule is C[C@@H]1CN(c2ccncc2CC(=O)c2ccc3cc([C@@H]4C[C@H]4c4ccccc4)oc3n2)C[C@H](C)C1O[Si](C)(C)C(C)(C)C.C[C@@H]1CN(c2ccncc2CC(=O)c2ccc3cc([C@H]4C[C@@H]4c4ccccc4)oc3n2)C[C@H](C)C1O[Si](C)(C)C(C)(C)C. The van der Waals surface area contributed by atoms with E-state index in [2.05, 4.69) is 186 Å². The molecule has 2 aromatic carbocycles. The van der Waals surface area contributed by atoms with E-state index in [1.54, 1.807) is 0 Å². The lowest BCUT2D eigenvalue weighted by Crippen LogP contribution is -2.54. The second-order valence-electron chi connectivity index (χ2n) is 28.8. The van der Waals surface area contributed by atoms with E-state index < -0.39 is 16.6 Å². The summed E-state index contributed by atoms with van der Waals surface area (Å²) >= 11 is 0. The van der Waals surface area contributed by atoms with Crippen LogP contribution in [0.4, 0.5) is 11.4 Å². The lowest BCUT2D eigenvalue weighted by Gasteiger charge is -2.48. The third-order valence-electron chi connectivity index (χ3n) is 20.0. The Hall–Kier alpha value is -6.59. The number of piperidine rings is 2. The number of nitrogens with zero attached hydrogens (tertiary/aromatic N) is 6. The Balaban J connectivity index is 0.000000179. The number of fused-ring (bicyclic) bond motifs is 2. The van der Waals surface area contributed by atoms with E-state index in [0.29, 0.717) is 70.2 Å². The highest BCUT2D eigenvalue weighted by atomic mass is 28.4. The molecule has 2 aliphatic heterocycles. The lowest BCUT2D eigenvalue weighted by molar-refractivity contribution is 0.0626. The maximum Gasteiger partial charge on any atom is 0.226 e. The Morgan fingerprint density at radius 2 is 0.872 bits per heavy atom. The number of carbonyl (C=O) groups excluding carboxylic acids is 2. The van der Waals surface area contributed by atoms with Crippen molar-refractivity contribution in [3.8, 4) is 0 Å². The Morgan fingerprint density at radius 3 is 1.22 bits per heavy atom. The normalized spacial score (nSPS) is 24.3. The van der Waals surface area contributed by atoms with Crippen molar-refractivity contribution in [3.05, 3.63) is 179 Å². The van der Waals surface area contributed by atoms with Crippen molar-refractivity contribution in [2.45, 2.75) is 167 Å². The van der Waals surface area contributed by atoms with E-state index in [0.717, 1.165) is 83.8 Å². The fourth-order valence-corrected chi connectivity index (χ4v) is 15.9. The van der Waals surface area contributed by atoms with E-state index in [1.807, 2.05) is 73.3 Å². The number of anilines is 2. The summed E-state index contributed by atoms with van der Waals surface area (Å²) in [4.78, 5) is 50.0. The van der Waals surface area contributed by atoms with Crippen LogP contribution in [-0.4, -0.2) is 86.5 Å². The zero-order valence-corrected chi connectivity index (χ0v) is 55.3. The minimum atomic E-state index is -1.88. The first kappa shape index (κ1) is 61.1. The fraction of sp³-hybridized carbons (Fsp3) is 0.472. The Labute approximate surface area is 512 Å². The molecule has 6 aromatic heterocycles. The summed E-state index contributed by atoms with van der Waals surface area (Å²) in [6, 6.07) is 37.0. The monoisotopic (exact) mass is 1190 g/mol. The molecule has 12 nitrogen and oxygen atoms in total. The van der Waals surface area contributed by atoms with Gasteiger partial charge < -0.3 is 27.5 Å². The molecule has 0 spiro atoms. The van der Waals surface area contributed by atoms with Crippen molar-refractivity contribution in [1.82, 2.24) is 19.9 Å². The van der Waals surface area contributed by atoms with Crippen molar-refractivity contribution >= 4 is 61.8 Å². The van der Waals surface area contributed by atoms with Crippen molar-refractivity contribution in [2.75, 3.05) is 36.0 Å². The van der Waals surface area contributed by atoms with Gasteiger partial charge >= 0.3 is 0 Å². The minimum absolute atomic E-state index is 0.0278. The molecule has 86 heavy (non-hydrogen) atoms. The van der Waals surface area contributed by atoms with Crippen LogP contribution in [0.15, 0.2) is 143 Å². The Bertz CT molecular complexity index is 3440. The summed E-state index contributed by atoms with van der Waals surface area (Å²) in [5, 5.41) is 2.24. The summed E-state index contributed by atoms with van der Waals surface area (Å²) in [6.07, 6.45) is 10.4. The molecular formula is C72H90N6O6Si2. The summed E-state index contributed by atoms with van der Waals surface area (Å²) in [5.74, 6) is 5.07. The van der Waals surface area contributed by atoms with E-state index in [1.165, 1.54) is 11.1 Å². The molecule has 12 rings (SSSR count). The highest BCUT2D eigenvalue weighted by Crippen LogP contribution is 2.56. The predicted molar refractivity (Wildman–Crippen MR) is 351 cm³/mol. The quantitative estimate of drug-likeness (QED) is 0.0673. The summed E-state index contributed by atoms with van der Waals surface area (Å²) in [7, 11) is -3.75. The molecule has 0 amide bonds. The van der Waals surface area contributed by atoms with Crippen molar-refractivity contribution in [3.63, 3.8) is 0 Å². The highest BCUT2D eigenvalue weighted by molar-refractivity contribution is 6.74. The third-order valence-corrected chi connectivity index (χ3v) is 29.0. The number of rotatable bonds is 16. The van der Waals surface area contributed by atoms with E-state index in [-0.39, 0.29) is 46.7 Å². The number of furan rings is 2. The van der Waals surface area contributed by atoms with Gasteiger partial charge in [0.2, 0.25) is 11.4 Å². The summed E-state index contributed by atoms with van der Waals surface area (Å²) in [5.41, 5.74) is 8.66. The van der Waals surface area contributed by atoms with Gasteiger partial charge in [-0.05, 0) is 144 Å². The van der Waals surface area contributed by atoms with Gasteiger partial charge in [0.15, 0.2) is 28.2 Å². The Morgan fingerprint density at radius 1 is 0.512 bits per heavy atom. The summed E-state index contributed by atoms with van der Waals surface area (Å²) in [6.45, 7) is 35.9. The fourth-order valence-electron chi connectivity index (χ4n) is 12.9. The average molecular weight is 1190 g/mol. The first-order valence-electron chi connectivity index (χ1n) is 31.5. The Kier molecular flexibility index (Phi) is 17.2. The number of benzene rings is 2. The van der Waals surface area contributed by atoms with E-state index >= 15 is 0 Å². The molecule has 2 unspecified atom stereocenters. The molecule has 4 fully saturated rings. The number of aromatic nitrogens is 4. The van der Waals surface area contributed by atoms with Crippen LogP contribution in [0.2, 0.25) is 36.3 Å². The van der Waals surface area contributed by atoms with Crippen LogP contribution < -0.4 is 9.80 Å². The lowest BCUT2D eigenvalue weighted by atomic mass is 9.87. The molecule has 0 radical (unpaired) electrons. The number of carbonyl (C=O) groups is 2. The molecular weight excluding hydrogens is 1100 g/mol. The van der Waals surface area contributed by atoms with Crippen LogP contribution in [-0.2, 0) is 21.7 Å². The van der Waals surface area contributed by atoms with Gasteiger partial charge in [0.25, 0.3) is 0 Å². The molecule has 452 valence electrons. The number of Topliss-reactive ketones (excluding diaryl/α,β-unsaturated/α-hetero) is 2. The molecule has 8 heterocycles. The molecule has 14 heteroatoms. The second-order valence-corrected chi connectivity index (χ2v) is 38.3. The number of ketones is 2. The zero-order valence-electron chi connectivity index (χ0n) is 53.3. The van der Waals surface area contributed by atoms with Crippen LogP contribution in [0.3, 0.4) is 0 Å². The smallest absolute Gasteiger partial charge is 0.226 e. The molecule has 10 atom stereocenters. The topological polar surface area (TPSA) is 137 Å². The predicted octanol–water partition coefficient (Wildman–Crippen LogP) is 16.8. The molecule has 4 aliphatic rings. The molecule has 2 saturated carbocycles. The van der Waals surface area contributed by atoms with Gasteiger partial charge in [-0.2, -0.15) is 0 Å². The van der Waals surface area contributed by atoms with Crippen LogP contribution in [0.25, 0.3) is 22.2 Å². The average Bonchev–Trinajstić information content (AvgIpc) is 1.90. The third kappa shape index (κ3) is 13.1. The maximum atomic E-state index is 13.5. The van der Waals surface area contributed by atoms with Crippen molar-refractivity contribution in [2.24, 2.45) is 23.7 Å². The zero-order chi connectivity index (χ0) is 61.0. The number of pyridine rings is 4. The molecule has 0 N–H and O–H groups in total. The first-order valence-corrected chi connectivity index (χ1v) is 37.3. The summed E-state index contributed by atoms with van der Waals surface area (Å²) < 4.78 is 26.2. The van der Waals surface area contributed by atoms with Gasteiger partial charge in [-0.3, -0.25) is 19.6 Å². The minimum Gasteiger partial charge on any atom is -0.442 e. The molecule has 0 bridgehead atoms. The van der Waals surface area contributed by atoms with Gasteiger partial charge in [0.05, 0.1) is 12.2 Å². The van der Waals surface area contributed by atoms with Crippen molar-refractivity contribution in [1.29, 1.82) is 0 Å². The van der Waals surface area contributed by atoms with Crippen LogP contribution in [0, 0.1) is 23.7 Å². The van der Waals surface area contributed by atoms with Gasteiger partial charge in [-0.1, -0.05) is 130 Å². The highest BCUT2D eigenvalue weighted by Gasteiger charge is 2.46. The van der Waals surface area contributed by atoms with Crippen LogP contribution in [0.1, 0.15) is 161 Å². The largest absolute Gasteiger partial charge is 0.442 e. The van der Waals surface area contributed by atoms with Crippen LogP contribution in [0.5, 0.6) is 0 Å². The first-order chi connectivity index (χ1) is 40.8. The standard InChI is InChI=1S/2C36H45N3O3Si/c2*1-23-21-39(22-24(2)34(23)42-43(6,7)36(3,4)5)31-15-16-37-20-27(31)17-32(40)30-14-13-26-18-33(41-35(26)38-30)29-19-28(29)25-11-9-8-10-12-25/h2*8-16,18,20,23-24,28-29,34H,17,19,21-22H2,1-7H3/t2*23-,24+,28-,29+,34?/m10/s1. The van der Waals surface area contributed by atoms with Gasteiger partial charge in [0.1, 0.15) is 22.9 Å². The van der Waals surface area contributed by atoms with Gasteiger partial charge in [0, 0.05) is 109 Å². The second kappa shape index (κ2) is 24.2. The van der Waals surface area contributed by atoms with Gasteiger partial charge in [-0.15, -0.1) is 0 Å². The number of hydrogen-bond acceptors (Lipinski definition) is 12. The number of hydrogen-bond donors (Lipinski definition) is 0. The molecule has 2 saturated heterocycles. The van der Waals surface area contributed by atoms with Crippen LogP contribution >= 0.6 is 0 Å². The van der Waals surface area contributed by atoms with Crippen molar-refractivity contribution < 1.29 is 27.3 Å². The molecule has 2 aliphatic carbocycles. The van der Waals surface area contributed by atoms with E-state index in [9.17, 15) is 9.59 Å². The van der Waals surface area contributed by atoms with E-state index in [4.69, 9.17) is 17.7 Å². The maximum absolute atomic E-state index is 13.5.